The van der Waals surface area contributed by atoms with E-state index in [0.29, 0.717) is 23.8 Å². The van der Waals surface area contributed by atoms with Crippen molar-refractivity contribution >= 4 is 11.8 Å². The zero-order valence-electron chi connectivity index (χ0n) is 19.3. The summed E-state index contributed by atoms with van der Waals surface area (Å²) in [6.07, 6.45) is 0.811. The van der Waals surface area contributed by atoms with Crippen molar-refractivity contribution in [3.05, 3.63) is 48.0 Å². The van der Waals surface area contributed by atoms with Crippen LogP contribution in [0, 0.1) is 0 Å². The van der Waals surface area contributed by atoms with Gasteiger partial charge in [0.2, 0.25) is 5.91 Å². The van der Waals surface area contributed by atoms with Crippen molar-refractivity contribution in [2.24, 2.45) is 0 Å². The molecule has 0 radical (unpaired) electrons. The Bertz CT molecular complexity index is 862. The van der Waals surface area contributed by atoms with Crippen molar-refractivity contribution in [3.8, 4) is 23.0 Å². The van der Waals surface area contributed by atoms with E-state index in [9.17, 15) is 9.59 Å². The third kappa shape index (κ3) is 7.08. The molecule has 2 aromatic carbocycles. The van der Waals surface area contributed by atoms with E-state index < -0.39 is 6.04 Å². The average molecular weight is 445 g/mol. The maximum Gasteiger partial charge on any atom is 0.261 e. The van der Waals surface area contributed by atoms with Crippen molar-refractivity contribution in [2.45, 2.75) is 32.9 Å². The summed E-state index contributed by atoms with van der Waals surface area (Å²) in [5.74, 6) is 1.72. The van der Waals surface area contributed by atoms with E-state index in [1.54, 1.807) is 32.2 Å². The van der Waals surface area contributed by atoms with Crippen LogP contribution in [0.5, 0.6) is 23.0 Å². The number of nitrogens with zero attached hydrogens (tertiary/aromatic N) is 1. The van der Waals surface area contributed by atoms with Crippen LogP contribution >= 0.6 is 0 Å². The maximum atomic E-state index is 13.1. The maximum absolute atomic E-state index is 13.1. The van der Waals surface area contributed by atoms with Crippen molar-refractivity contribution in [1.29, 1.82) is 0 Å². The Hall–Kier alpha value is -3.42. The van der Waals surface area contributed by atoms with E-state index in [0.717, 1.165) is 17.7 Å². The minimum absolute atomic E-state index is 0.211. The molecule has 2 rings (SSSR count). The van der Waals surface area contributed by atoms with E-state index in [-0.39, 0.29) is 25.0 Å². The van der Waals surface area contributed by atoms with Gasteiger partial charge in [-0.25, -0.2) is 0 Å². The fourth-order valence-electron chi connectivity index (χ4n) is 3.00. The summed E-state index contributed by atoms with van der Waals surface area (Å²) in [5, 5.41) is 2.85. The number of hydrogen-bond donors (Lipinski definition) is 1. The summed E-state index contributed by atoms with van der Waals surface area (Å²) in [5.41, 5.74) is 0.873. The first-order valence-corrected chi connectivity index (χ1v) is 10.5. The number of carbonyl (C=O) groups is 2. The molecule has 8 heteroatoms. The zero-order valence-corrected chi connectivity index (χ0v) is 19.3. The first-order valence-electron chi connectivity index (χ1n) is 10.5. The van der Waals surface area contributed by atoms with Gasteiger partial charge in [-0.05, 0) is 31.0 Å². The van der Waals surface area contributed by atoms with E-state index in [1.165, 1.54) is 19.1 Å². The first kappa shape index (κ1) is 24.8. The highest BCUT2D eigenvalue weighted by atomic mass is 16.5. The molecule has 2 amide bonds. The Morgan fingerprint density at radius 1 is 0.906 bits per heavy atom. The number of carbonyl (C=O) groups excluding carboxylic acids is 2. The SMILES string of the molecule is CCCNC(=O)[C@H](C)N(Cc1ccc(OC)cc1)C(=O)COc1cc(OC)cc(OC)c1. The van der Waals surface area contributed by atoms with E-state index in [4.69, 9.17) is 18.9 Å². The highest BCUT2D eigenvalue weighted by Gasteiger charge is 2.26. The lowest BCUT2D eigenvalue weighted by molar-refractivity contribution is -0.142. The molecule has 0 aliphatic rings. The number of ether oxygens (including phenoxy) is 4. The van der Waals surface area contributed by atoms with Gasteiger partial charge in [-0.3, -0.25) is 9.59 Å². The van der Waals surface area contributed by atoms with Gasteiger partial charge >= 0.3 is 0 Å². The number of hydrogen-bond acceptors (Lipinski definition) is 6. The van der Waals surface area contributed by atoms with Crippen LogP contribution in [0.15, 0.2) is 42.5 Å². The Labute approximate surface area is 189 Å². The molecule has 0 spiro atoms. The molecule has 1 N–H and O–H groups in total. The van der Waals surface area contributed by atoms with Crippen LogP contribution in [0.25, 0.3) is 0 Å². The summed E-state index contributed by atoms with van der Waals surface area (Å²) >= 11 is 0. The smallest absolute Gasteiger partial charge is 0.261 e. The second kappa shape index (κ2) is 12.4. The molecule has 0 saturated carbocycles. The minimum atomic E-state index is -0.667. The lowest BCUT2D eigenvalue weighted by Gasteiger charge is -2.28. The number of benzene rings is 2. The van der Waals surface area contributed by atoms with Crippen LogP contribution in [0.3, 0.4) is 0 Å². The lowest BCUT2D eigenvalue weighted by Crippen LogP contribution is -2.49. The van der Waals surface area contributed by atoms with Gasteiger partial charge in [0.05, 0.1) is 21.3 Å². The third-order valence-corrected chi connectivity index (χ3v) is 4.92. The van der Waals surface area contributed by atoms with Crippen LogP contribution in [0.1, 0.15) is 25.8 Å². The zero-order chi connectivity index (χ0) is 23.5. The second-order valence-electron chi connectivity index (χ2n) is 7.17. The fraction of sp³-hybridized carbons (Fsp3) is 0.417. The molecule has 0 aromatic heterocycles. The van der Waals surface area contributed by atoms with Crippen molar-refractivity contribution in [2.75, 3.05) is 34.5 Å². The molecule has 0 bridgehead atoms. The summed E-state index contributed by atoms with van der Waals surface area (Å²) in [4.78, 5) is 27.2. The standard InChI is InChI=1S/C24H32N2O6/c1-6-11-25-24(28)17(2)26(15-18-7-9-19(29-3)10-8-18)23(27)16-32-22-13-20(30-4)12-21(14-22)31-5/h7-10,12-14,17H,6,11,15-16H2,1-5H3,(H,25,28)/t17-/m0/s1. The summed E-state index contributed by atoms with van der Waals surface area (Å²) in [6.45, 7) is 4.25. The van der Waals surface area contributed by atoms with Crippen molar-refractivity contribution in [3.63, 3.8) is 0 Å². The molecule has 32 heavy (non-hydrogen) atoms. The molecular weight excluding hydrogens is 412 g/mol. The molecule has 2 aromatic rings. The van der Waals surface area contributed by atoms with Gasteiger partial charge in [-0.2, -0.15) is 0 Å². The number of amides is 2. The molecular formula is C24H32N2O6. The van der Waals surface area contributed by atoms with E-state index in [1.807, 2.05) is 31.2 Å². The highest BCUT2D eigenvalue weighted by Crippen LogP contribution is 2.27. The van der Waals surface area contributed by atoms with Crippen LogP contribution in [-0.2, 0) is 16.1 Å². The van der Waals surface area contributed by atoms with Gasteiger partial charge in [0, 0.05) is 31.3 Å². The largest absolute Gasteiger partial charge is 0.497 e. The van der Waals surface area contributed by atoms with Gasteiger partial charge in [0.25, 0.3) is 5.91 Å². The summed E-state index contributed by atoms with van der Waals surface area (Å²) in [7, 11) is 4.67. The topological polar surface area (TPSA) is 86.3 Å². The highest BCUT2D eigenvalue weighted by molar-refractivity contribution is 5.87. The van der Waals surface area contributed by atoms with Gasteiger partial charge in [0.15, 0.2) is 6.61 Å². The summed E-state index contributed by atoms with van der Waals surface area (Å²) in [6, 6.07) is 11.7. The van der Waals surface area contributed by atoms with Crippen LogP contribution in [-0.4, -0.2) is 57.2 Å². The minimum Gasteiger partial charge on any atom is -0.497 e. The van der Waals surface area contributed by atoms with Crippen molar-refractivity contribution in [1.82, 2.24) is 10.2 Å². The molecule has 0 aliphatic heterocycles. The molecule has 8 nitrogen and oxygen atoms in total. The van der Waals surface area contributed by atoms with Gasteiger partial charge in [-0.1, -0.05) is 19.1 Å². The van der Waals surface area contributed by atoms with Gasteiger partial charge < -0.3 is 29.2 Å². The molecule has 0 heterocycles. The van der Waals surface area contributed by atoms with Gasteiger partial charge in [-0.15, -0.1) is 0 Å². The predicted octanol–water partition coefficient (Wildman–Crippen LogP) is 3.03. The second-order valence-corrected chi connectivity index (χ2v) is 7.17. The Balaban J connectivity index is 2.17. The molecule has 0 aliphatic carbocycles. The first-order chi connectivity index (χ1) is 15.4. The van der Waals surface area contributed by atoms with Gasteiger partial charge in [0.1, 0.15) is 29.0 Å². The molecule has 0 fully saturated rings. The lowest BCUT2D eigenvalue weighted by atomic mass is 10.1. The summed E-state index contributed by atoms with van der Waals surface area (Å²) < 4.78 is 21.4. The van der Waals surface area contributed by atoms with E-state index >= 15 is 0 Å². The molecule has 1 atom stereocenters. The van der Waals surface area contributed by atoms with Crippen LogP contribution < -0.4 is 24.3 Å². The number of nitrogens with one attached hydrogen (secondary N) is 1. The van der Waals surface area contributed by atoms with E-state index in [2.05, 4.69) is 5.32 Å². The number of methoxy groups -OCH3 is 3. The normalized spacial score (nSPS) is 11.3. The van der Waals surface area contributed by atoms with Crippen LogP contribution in [0.2, 0.25) is 0 Å². The molecule has 174 valence electrons. The molecule has 0 unspecified atom stereocenters. The average Bonchev–Trinajstić information content (AvgIpc) is 2.83. The van der Waals surface area contributed by atoms with Crippen molar-refractivity contribution < 1.29 is 28.5 Å². The molecule has 0 saturated heterocycles. The Kier molecular flexibility index (Phi) is 9.66. The fourth-order valence-corrected chi connectivity index (χ4v) is 3.00. The number of rotatable bonds is 12. The quantitative estimate of drug-likeness (QED) is 0.542. The van der Waals surface area contributed by atoms with Crippen LogP contribution in [0.4, 0.5) is 0 Å². The third-order valence-electron chi connectivity index (χ3n) is 4.92. The Morgan fingerprint density at radius 3 is 2.00 bits per heavy atom. The Morgan fingerprint density at radius 2 is 1.47 bits per heavy atom. The monoisotopic (exact) mass is 444 g/mol. The predicted molar refractivity (Wildman–Crippen MR) is 121 cm³/mol.